The Morgan fingerprint density at radius 1 is 1.21 bits per heavy atom. The van der Waals surface area contributed by atoms with Gasteiger partial charge in [0.15, 0.2) is 5.96 Å². The van der Waals surface area contributed by atoms with Crippen molar-refractivity contribution in [1.82, 2.24) is 15.5 Å². The zero-order chi connectivity index (χ0) is 24.7. The quantitative estimate of drug-likeness (QED) is 0.519. The minimum atomic E-state index is -3.47. The van der Waals surface area contributed by atoms with Gasteiger partial charge in [0.2, 0.25) is 5.91 Å². The number of amides is 2. The molecule has 4 rings (SSSR count). The molecule has 2 atom stereocenters. The van der Waals surface area contributed by atoms with Crippen LogP contribution in [0.15, 0.2) is 48.5 Å². The summed E-state index contributed by atoms with van der Waals surface area (Å²) >= 11 is 0. The minimum Gasteiger partial charge on any atom is -0.384 e. The van der Waals surface area contributed by atoms with Crippen LogP contribution in [-0.2, 0) is 17.3 Å². The first kappa shape index (κ1) is 23.8. The number of carbonyl (C=O) groups excluding carboxylic acids is 2. The molecule has 1 aliphatic heterocycles. The summed E-state index contributed by atoms with van der Waals surface area (Å²) in [6, 6.07) is 11.0. The Kier molecular flexibility index (Phi) is 6.16. The fourth-order valence-electron chi connectivity index (χ4n) is 4.70. The van der Waals surface area contributed by atoms with E-state index in [1.165, 1.54) is 29.2 Å². The molecular weight excluding hydrogens is 442 g/mol. The third kappa shape index (κ3) is 4.04. The van der Waals surface area contributed by atoms with Crippen molar-refractivity contribution in [2.24, 2.45) is 0 Å². The average molecular weight is 471 g/mol. The lowest BCUT2D eigenvalue weighted by Gasteiger charge is -2.42. The molecule has 9 heteroatoms. The normalized spacial score (nSPS) is 22.8. The molecule has 4 N–H and O–H groups in total. The minimum absolute atomic E-state index is 0.0164. The van der Waals surface area contributed by atoms with Crippen molar-refractivity contribution < 1.29 is 23.5 Å². The number of carbonyl (C=O) groups is 2. The lowest BCUT2D eigenvalue weighted by atomic mass is 9.87. The molecular formula is C25H28F2N4O3. The van der Waals surface area contributed by atoms with Crippen LogP contribution in [0.5, 0.6) is 0 Å². The van der Waals surface area contributed by atoms with Gasteiger partial charge < -0.3 is 15.7 Å². The number of hydrogen-bond donors (Lipinski definition) is 4. The molecule has 2 amide bonds. The van der Waals surface area contributed by atoms with Gasteiger partial charge >= 0.3 is 5.92 Å². The Balaban J connectivity index is 1.50. The Bertz CT molecular complexity index is 1110. The first-order valence-corrected chi connectivity index (χ1v) is 11.3. The van der Waals surface area contributed by atoms with Crippen LogP contribution < -0.4 is 10.6 Å². The van der Waals surface area contributed by atoms with E-state index in [9.17, 15) is 23.5 Å². The first-order chi connectivity index (χ1) is 16.1. The lowest BCUT2D eigenvalue weighted by Crippen LogP contribution is -2.61. The summed E-state index contributed by atoms with van der Waals surface area (Å²) in [6.07, 6.45) is -0.366. The fourth-order valence-corrected chi connectivity index (χ4v) is 4.70. The van der Waals surface area contributed by atoms with E-state index in [1.807, 2.05) is 13.8 Å². The van der Waals surface area contributed by atoms with Crippen LogP contribution in [0.4, 0.5) is 8.78 Å². The number of hydrogen-bond acceptors (Lipinski definition) is 4. The molecule has 180 valence electrons. The molecule has 0 aromatic heterocycles. The van der Waals surface area contributed by atoms with Gasteiger partial charge in [-0.3, -0.25) is 19.9 Å². The number of aliphatic hydroxyl groups is 1. The van der Waals surface area contributed by atoms with Crippen LogP contribution in [0.3, 0.4) is 0 Å². The molecule has 2 aromatic carbocycles. The molecule has 2 aromatic rings. The lowest BCUT2D eigenvalue weighted by molar-refractivity contribution is -0.131. The number of halogens is 2. The average Bonchev–Trinajstić information content (AvgIpc) is 3.02. The molecule has 1 heterocycles. The highest BCUT2D eigenvalue weighted by Gasteiger charge is 2.54. The zero-order valence-electron chi connectivity index (χ0n) is 19.1. The second-order valence-electron chi connectivity index (χ2n) is 8.92. The van der Waals surface area contributed by atoms with E-state index in [-0.39, 0.29) is 41.5 Å². The number of alkyl halides is 2. The van der Waals surface area contributed by atoms with Gasteiger partial charge in [-0.05, 0) is 36.1 Å². The number of fused-ring (bicyclic) bond motifs is 1. The maximum absolute atomic E-state index is 14.5. The van der Waals surface area contributed by atoms with E-state index in [2.05, 4.69) is 10.6 Å². The molecule has 7 nitrogen and oxygen atoms in total. The summed E-state index contributed by atoms with van der Waals surface area (Å²) < 4.78 is 28.9. The van der Waals surface area contributed by atoms with Gasteiger partial charge in [-0.25, -0.2) is 0 Å². The van der Waals surface area contributed by atoms with Crippen molar-refractivity contribution in [1.29, 1.82) is 5.41 Å². The summed E-state index contributed by atoms with van der Waals surface area (Å²) in [6.45, 7) is 4.05. The van der Waals surface area contributed by atoms with Crippen molar-refractivity contribution in [3.8, 4) is 0 Å². The monoisotopic (exact) mass is 470 g/mol. The third-order valence-electron chi connectivity index (χ3n) is 6.96. The van der Waals surface area contributed by atoms with Gasteiger partial charge in [-0.2, -0.15) is 8.78 Å². The standard InChI is InChI=1S/C25H28F2N4O3/c1-3-24(4-2)13-19(32)31(23(28)30-24)14-15-8-7-9-16(12-15)22(34)29-20-17-10-5-6-11-18(17)25(26,27)21(20)33/h5-12,20-21,33H,3-4,13-14H2,1-2H3,(H2,28,30)(H,29,34)/t20-,21?/m1/s1. The highest BCUT2D eigenvalue weighted by molar-refractivity contribution is 5.99. The number of benzene rings is 2. The van der Waals surface area contributed by atoms with Crippen molar-refractivity contribution in [2.75, 3.05) is 0 Å². The van der Waals surface area contributed by atoms with E-state index < -0.39 is 29.5 Å². The van der Waals surface area contributed by atoms with Gasteiger partial charge in [0.1, 0.15) is 6.10 Å². The van der Waals surface area contributed by atoms with Crippen LogP contribution in [-0.4, -0.2) is 39.4 Å². The first-order valence-electron chi connectivity index (χ1n) is 11.3. The van der Waals surface area contributed by atoms with Gasteiger partial charge in [0, 0.05) is 16.7 Å². The maximum atomic E-state index is 14.5. The molecule has 1 unspecified atom stereocenters. The van der Waals surface area contributed by atoms with Crippen LogP contribution in [0.25, 0.3) is 0 Å². The topological polar surface area (TPSA) is 106 Å². The summed E-state index contributed by atoms with van der Waals surface area (Å²) in [5, 5.41) is 24.2. The zero-order valence-corrected chi connectivity index (χ0v) is 19.1. The van der Waals surface area contributed by atoms with Gasteiger partial charge in [-0.1, -0.05) is 50.2 Å². The molecule has 2 aliphatic rings. The van der Waals surface area contributed by atoms with Crippen molar-refractivity contribution in [3.05, 3.63) is 70.8 Å². The molecule has 0 spiro atoms. The van der Waals surface area contributed by atoms with E-state index in [1.54, 1.807) is 24.3 Å². The van der Waals surface area contributed by atoms with Crippen molar-refractivity contribution >= 4 is 17.8 Å². The Morgan fingerprint density at radius 2 is 1.91 bits per heavy atom. The van der Waals surface area contributed by atoms with Crippen molar-refractivity contribution in [3.63, 3.8) is 0 Å². The number of nitrogens with zero attached hydrogens (tertiary/aromatic N) is 1. The van der Waals surface area contributed by atoms with Gasteiger partial charge in [0.05, 0.1) is 19.0 Å². The predicted octanol–water partition coefficient (Wildman–Crippen LogP) is 3.44. The number of guanidine groups is 1. The Labute approximate surface area is 196 Å². The van der Waals surface area contributed by atoms with Gasteiger partial charge in [0.25, 0.3) is 5.91 Å². The molecule has 0 radical (unpaired) electrons. The van der Waals surface area contributed by atoms with Crippen LogP contribution >= 0.6 is 0 Å². The van der Waals surface area contributed by atoms with E-state index in [0.29, 0.717) is 5.56 Å². The maximum Gasteiger partial charge on any atom is 0.301 e. The Morgan fingerprint density at radius 3 is 2.59 bits per heavy atom. The smallest absolute Gasteiger partial charge is 0.301 e. The molecule has 0 saturated carbocycles. The van der Waals surface area contributed by atoms with E-state index >= 15 is 0 Å². The molecule has 0 bridgehead atoms. The SMILES string of the molecule is CCC1(CC)CC(=O)N(Cc2cccc(C(=O)N[C@@H]3c4ccccc4C(F)(F)C3O)c2)C(=N)N1. The Hall–Kier alpha value is -3.33. The molecule has 1 fully saturated rings. The van der Waals surface area contributed by atoms with E-state index in [0.717, 1.165) is 12.8 Å². The third-order valence-corrected chi connectivity index (χ3v) is 6.96. The van der Waals surface area contributed by atoms with E-state index in [4.69, 9.17) is 5.41 Å². The number of aliphatic hydroxyl groups excluding tert-OH is 1. The van der Waals surface area contributed by atoms with Crippen LogP contribution in [0.2, 0.25) is 0 Å². The summed E-state index contributed by atoms with van der Waals surface area (Å²) in [5.41, 5.74) is 0.278. The van der Waals surface area contributed by atoms with Crippen molar-refractivity contribution in [2.45, 2.75) is 63.3 Å². The molecule has 1 saturated heterocycles. The second kappa shape index (κ2) is 8.79. The predicted molar refractivity (Wildman–Crippen MR) is 122 cm³/mol. The van der Waals surface area contributed by atoms with Crippen LogP contribution in [0, 0.1) is 5.41 Å². The number of nitrogens with one attached hydrogen (secondary N) is 3. The second-order valence-corrected chi connectivity index (χ2v) is 8.92. The van der Waals surface area contributed by atoms with Crippen LogP contribution in [0.1, 0.15) is 66.2 Å². The summed E-state index contributed by atoms with van der Waals surface area (Å²) in [4.78, 5) is 27.0. The fraction of sp³-hybridized carbons (Fsp3) is 0.400. The largest absolute Gasteiger partial charge is 0.384 e. The summed E-state index contributed by atoms with van der Waals surface area (Å²) in [5.74, 6) is -4.24. The number of rotatable bonds is 6. The highest BCUT2D eigenvalue weighted by Crippen LogP contribution is 2.47. The highest BCUT2D eigenvalue weighted by atomic mass is 19.3. The van der Waals surface area contributed by atoms with Gasteiger partial charge in [-0.15, -0.1) is 0 Å². The molecule has 34 heavy (non-hydrogen) atoms. The molecule has 1 aliphatic carbocycles. The summed E-state index contributed by atoms with van der Waals surface area (Å²) in [7, 11) is 0.